The molecule has 0 aromatic heterocycles. The van der Waals surface area contributed by atoms with Crippen LogP contribution in [0.25, 0.3) is 0 Å². The Morgan fingerprint density at radius 3 is 2.56 bits per heavy atom. The molecule has 0 radical (unpaired) electrons. The highest BCUT2D eigenvalue weighted by molar-refractivity contribution is 9.10. The van der Waals surface area contributed by atoms with Gasteiger partial charge in [-0.2, -0.15) is 0 Å². The maximum atomic E-state index is 11.2. The van der Waals surface area contributed by atoms with Crippen LogP contribution in [0.15, 0.2) is 22.7 Å². The van der Waals surface area contributed by atoms with E-state index in [0.29, 0.717) is 11.5 Å². The number of carbonyl (C=O) groups excluding carboxylic acids is 1. The molecule has 0 saturated carbocycles. The fourth-order valence-corrected chi connectivity index (χ4v) is 1.56. The molecule has 0 aliphatic heterocycles. The largest absolute Gasteiger partial charge is 0.497 e. The van der Waals surface area contributed by atoms with Crippen molar-refractivity contribution in [1.29, 1.82) is 0 Å². The van der Waals surface area contributed by atoms with Crippen molar-refractivity contribution < 1.29 is 19.0 Å². The zero-order valence-corrected chi connectivity index (χ0v) is 10.9. The summed E-state index contributed by atoms with van der Waals surface area (Å²) in [6, 6.07) is 5.24. The van der Waals surface area contributed by atoms with Crippen LogP contribution in [0.4, 0.5) is 0 Å². The maximum Gasteiger partial charge on any atom is 0.346 e. The zero-order chi connectivity index (χ0) is 12.1. The van der Waals surface area contributed by atoms with Crippen LogP contribution in [0.5, 0.6) is 11.5 Å². The molecule has 1 aromatic rings. The number of esters is 1. The Morgan fingerprint density at radius 1 is 1.38 bits per heavy atom. The summed E-state index contributed by atoms with van der Waals surface area (Å²) in [5, 5.41) is 0. The first-order valence-electron chi connectivity index (χ1n) is 4.66. The summed E-state index contributed by atoms with van der Waals surface area (Å²) in [5.74, 6) is 0.867. The minimum absolute atomic E-state index is 0.414. The van der Waals surface area contributed by atoms with Crippen molar-refractivity contribution in [3.8, 4) is 11.5 Å². The van der Waals surface area contributed by atoms with Crippen LogP contribution in [-0.2, 0) is 9.53 Å². The van der Waals surface area contributed by atoms with Gasteiger partial charge in [0, 0.05) is 0 Å². The lowest BCUT2D eigenvalue weighted by atomic mass is 10.3. The van der Waals surface area contributed by atoms with Crippen molar-refractivity contribution in [2.24, 2.45) is 0 Å². The predicted octanol–water partition coefficient (Wildman–Crippen LogP) is 2.40. The molecule has 1 aromatic carbocycles. The third-order valence-electron chi connectivity index (χ3n) is 1.98. The van der Waals surface area contributed by atoms with Gasteiger partial charge in [-0.05, 0) is 41.1 Å². The van der Waals surface area contributed by atoms with Crippen molar-refractivity contribution in [3.63, 3.8) is 0 Å². The molecule has 5 heteroatoms. The minimum atomic E-state index is -0.644. The van der Waals surface area contributed by atoms with E-state index in [-0.39, 0.29) is 0 Å². The van der Waals surface area contributed by atoms with Crippen LogP contribution in [0.1, 0.15) is 6.92 Å². The molecule has 0 fully saturated rings. The van der Waals surface area contributed by atoms with Gasteiger partial charge in [-0.25, -0.2) is 4.79 Å². The summed E-state index contributed by atoms with van der Waals surface area (Å²) in [7, 11) is 2.91. The lowest BCUT2D eigenvalue weighted by Gasteiger charge is -2.14. The first kappa shape index (κ1) is 12.8. The second-order valence-electron chi connectivity index (χ2n) is 3.08. The molecule has 0 aliphatic carbocycles. The highest BCUT2D eigenvalue weighted by Crippen LogP contribution is 2.29. The van der Waals surface area contributed by atoms with Crippen molar-refractivity contribution in [3.05, 3.63) is 22.7 Å². The predicted molar refractivity (Wildman–Crippen MR) is 62.8 cm³/mol. The number of rotatable bonds is 4. The van der Waals surface area contributed by atoms with E-state index in [4.69, 9.17) is 9.47 Å². The van der Waals surface area contributed by atoms with Gasteiger partial charge in [0.1, 0.15) is 11.5 Å². The average Bonchev–Trinajstić information content (AvgIpc) is 2.30. The first-order valence-corrected chi connectivity index (χ1v) is 5.45. The van der Waals surface area contributed by atoms with Crippen molar-refractivity contribution in [2.45, 2.75) is 13.0 Å². The lowest BCUT2D eigenvalue weighted by molar-refractivity contribution is -0.147. The van der Waals surface area contributed by atoms with Crippen LogP contribution in [0.3, 0.4) is 0 Å². The van der Waals surface area contributed by atoms with Crippen molar-refractivity contribution in [1.82, 2.24) is 0 Å². The highest BCUT2D eigenvalue weighted by Gasteiger charge is 2.16. The normalized spacial score (nSPS) is 11.8. The van der Waals surface area contributed by atoms with Crippen LogP contribution in [-0.4, -0.2) is 26.3 Å². The second-order valence-corrected chi connectivity index (χ2v) is 3.93. The van der Waals surface area contributed by atoms with Crippen LogP contribution < -0.4 is 9.47 Å². The number of carbonyl (C=O) groups is 1. The smallest absolute Gasteiger partial charge is 0.346 e. The molecule has 4 nitrogen and oxygen atoms in total. The number of hydrogen-bond donors (Lipinski definition) is 0. The quantitative estimate of drug-likeness (QED) is 0.798. The Kier molecular flexibility index (Phi) is 4.61. The van der Waals surface area contributed by atoms with Crippen LogP contribution in [0, 0.1) is 0 Å². The molecular formula is C11H13BrO4. The van der Waals surface area contributed by atoms with Gasteiger partial charge in [-0.15, -0.1) is 0 Å². The molecule has 16 heavy (non-hydrogen) atoms. The number of methoxy groups -OCH3 is 2. The van der Waals surface area contributed by atoms with Crippen LogP contribution >= 0.6 is 15.9 Å². The van der Waals surface area contributed by atoms with Crippen molar-refractivity contribution in [2.75, 3.05) is 14.2 Å². The Morgan fingerprint density at radius 2 is 2.06 bits per heavy atom. The van der Waals surface area contributed by atoms with Gasteiger partial charge in [0.25, 0.3) is 0 Å². The van der Waals surface area contributed by atoms with Gasteiger partial charge in [-0.1, -0.05) is 0 Å². The summed E-state index contributed by atoms with van der Waals surface area (Å²) < 4.78 is 15.8. The maximum absolute atomic E-state index is 11.2. The fourth-order valence-electron chi connectivity index (χ4n) is 1.11. The molecule has 1 atom stereocenters. The first-order chi connectivity index (χ1) is 7.58. The summed E-state index contributed by atoms with van der Waals surface area (Å²) in [6.45, 7) is 1.63. The molecule has 0 N–H and O–H groups in total. The van der Waals surface area contributed by atoms with Crippen LogP contribution in [0.2, 0.25) is 0 Å². The van der Waals surface area contributed by atoms with Gasteiger partial charge in [0.15, 0.2) is 6.10 Å². The van der Waals surface area contributed by atoms with E-state index in [1.54, 1.807) is 32.2 Å². The third kappa shape index (κ3) is 3.13. The molecule has 1 unspecified atom stereocenters. The summed E-state index contributed by atoms with van der Waals surface area (Å²) in [4.78, 5) is 11.2. The Labute approximate surface area is 103 Å². The monoisotopic (exact) mass is 288 g/mol. The lowest BCUT2D eigenvalue weighted by Crippen LogP contribution is -2.25. The standard InChI is InChI=1S/C11H13BrO4/c1-7(11(13)15-3)16-10-5-4-8(14-2)6-9(10)12/h4-7H,1-3H3. The Hall–Kier alpha value is -1.23. The topological polar surface area (TPSA) is 44.8 Å². The van der Waals surface area contributed by atoms with Crippen molar-refractivity contribution >= 4 is 21.9 Å². The molecule has 0 spiro atoms. The van der Waals surface area contributed by atoms with Gasteiger partial charge in [-0.3, -0.25) is 0 Å². The number of halogens is 1. The van der Waals surface area contributed by atoms with E-state index in [9.17, 15) is 4.79 Å². The van der Waals surface area contributed by atoms with E-state index < -0.39 is 12.1 Å². The van der Waals surface area contributed by atoms with E-state index in [1.165, 1.54) is 7.11 Å². The fraction of sp³-hybridized carbons (Fsp3) is 0.364. The zero-order valence-electron chi connectivity index (χ0n) is 9.32. The van der Waals surface area contributed by atoms with E-state index in [0.717, 1.165) is 4.47 Å². The second kappa shape index (κ2) is 5.75. The average molecular weight is 289 g/mol. The summed E-state index contributed by atoms with van der Waals surface area (Å²) in [6.07, 6.45) is -0.644. The minimum Gasteiger partial charge on any atom is -0.497 e. The van der Waals surface area contributed by atoms with Gasteiger partial charge in [0.05, 0.1) is 18.7 Å². The molecule has 1 rings (SSSR count). The summed E-state index contributed by atoms with van der Waals surface area (Å²) in [5.41, 5.74) is 0. The summed E-state index contributed by atoms with van der Waals surface area (Å²) >= 11 is 3.33. The SMILES string of the molecule is COC(=O)C(C)Oc1ccc(OC)cc1Br. The molecule has 0 saturated heterocycles. The molecule has 0 heterocycles. The number of benzene rings is 1. The number of ether oxygens (including phenoxy) is 3. The molecule has 88 valence electrons. The Balaban J connectivity index is 2.78. The number of hydrogen-bond acceptors (Lipinski definition) is 4. The van der Waals surface area contributed by atoms with E-state index >= 15 is 0 Å². The van der Waals surface area contributed by atoms with E-state index in [1.807, 2.05) is 0 Å². The van der Waals surface area contributed by atoms with Gasteiger partial charge >= 0.3 is 5.97 Å². The molecule has 0 bridgehead atoms. The molecular weight excluding hydrogens is 276 g/mol. The third-order valence-corrected chi connectivity index (χ3v) is 2.60. The van der Waals surface area contributed by atoms with Gasteiger partial charge in [0.2, 0.25) is 0 Å². The highest BCUT2D eigenvalue weighted by atomic mass is 79.9. The Bertz CT molecular complexity index is 378. The van der Waals surface area contributed by atoms with E-state index in [2.05, 4.69) is 20.7 Å². The molecule has 0 aliphatic rings. The molecule has 0 amide bonds. The van der Waals surface area contributed by atoms with Gasteiger partial charge < -0.3 is 14.2 Å².